The lowest BCUT2D eigenvalue weighted by Crippen LogP contribution is -2.51. The molecule has 0 bridgehead atoms. The smallest absolute Gasteiger partial charge is 0.326 e. The van der Waals surface area contributed by atoms with Crippen LogP contribution in [0.5, 0.6) is 0 Å². The predicted molar refractivity (Wildman–Crippen MR) is 74.0 cm³/mol. The Labute approximate surface area is 115 Å². The molecule has 1 saturated carbocycles. The molecule has 110 valence electrons. The Bertz CT molecular complexity index is 320. The Kier molecular flexibility index (Phi) is 6.12. The molecule has 2 N–H and O–H groups in total. The molecular weight excluding hydrogens is 244 g/mol. The first-order valence-electron chi connectivity index (χ1n) is 7.23. The maximum absolute atomic E-state index is 12.1. The molecule has 0 saturated heterocycles. The first kappa shape index (κ1) is 15.8. The molecule has 5 heteroatoms. The molecule has 5 nitrogen and oxygen atoms in total. The van der Waals surface area contributed by atoms with E-state index in [-0.39, 0.29) is 12.1 Å². The van der Waals surface area contributed by atoms with Gasteiger partial charge in [-0.25, -0.2) is 9.59 Å². The number of nitrogens with zero attached hydrogens (tertiary/aromatic N) is 1. The lowest BCUT2D eigenvalue weighted by Gasteiger charge is -2.36. The molecule has 0 aliphatic heterocycles. The SMILES string of the molecule is CCC[C@@H](NC(=O)N(C)C1CCCCC1C)C(=O)O. The van der Waals surface area contributed by atoms with E-state index in [2.05, 4.69) is 12.2 Å². The van der Waals surface area contributed by atoms with Crippen molar-refractivity contribution < 1.29 is 14.7 Å². The Balaban J connectivity index is 2.57. The number of hydrogen-bond donors (Lipinski definition) is 2. The summed E-state index contributed by atoms with van der Waals surface area (Å²) >= 11 is 0. The van der Waals surface area contributed by atoms with E-state index in [4.69, 9.17) is 5.11 Å². The van der Waals surface area contributed by atoms with Gasteiger partial charge in [-0.3, -0.25) is 0 Å². The highest BCUT2D eigenvalue weighted by atomic mass is 16.4. The highest BCUT2D eigenvalue weighted by Gasteiger charge is 2.29. The number of rotatable bonds is 5. The molecule has 0 spiro atoms. The number of carbonyl (C=O) groups is 2. The second-order valence-electron chi connectivity index (χ2n) is 5.57. The number of carboxylic acid groups (broad SMARTS) is 1. The molecule has 2 unspecified atom stereocenters. The van der Waals surface area contributed by atoms with Crippen LogP contribution in [-0.2, 0) is 4.79 Å². The average molecular weight is 270 g/mol. The van der Waals surface area contributed by atoms with Gasteiger partial charge in [0, 0.05) is 13.1 Å². The minimum Gasteiger partial charge on any atom is -0.480 e. The largest absolute Gasteiger partial charge is 0.480 e. The van der Waals surface area contributed by atoms with Crippen LogP contribution in [0.4, 0.5) is 4.79 Å². The Morgan fingerprint density at radius 2 is 2.00 bits per heavy atom. The van der Waals surface area contributed by atoms with Crippen molar-refractivity contribution in [2.45, 2.75) is 64.5 Å². The molecule has 3 atom stereocenters. The third kappa shape index (κ3) is 4.40. The topological polar surface area (TPSA) is 69.6 Å². The zero-order valence-corrected chi connectivity index (χ0v) is 12.2. The van der Waals surface area contributed by atoms with Gasteiger partial charge in [-0.15, -0.1) is 0 Å². The van der Waals surface area contributed by atoms with Crippen LogP contribution in [0.3, 0.4) is 0 Å². The summed E-state index contributed by atoms with van der Waals surface area (Å²) in [6.07, 6.45) is 5.72. The van der Waals surface area contributed by atoms with Crippen molar-refractivity contribution in [1.82, 2.24) is 10.2 Å². The molecule has 0 heterocycles. The number of carbonyl (C=O) groups excluding carboxylic acids is 1. The molecule has 0 aromatic heterocycles. The zero-order valence-electron chi connectivity index (χ0n) is 12.2. The van der Waals surface area contributed by atoms with Crippen LogP contribution >= 0.6 is 0 Å². The summed E-state index contributed by atoms with van der Waals surface area (Å²) < 4.78 is 0. The molecule has 0 aromatic carbocycles. The van der Waals surface area contributed by atoms with E-state index >= 15 is 0 Å². The molecule has 1 rings (SSSR count). The van der Waals surface area contributed by atoms with E-state index in [1.165, 1.54) is 6.42 Å². The van der Waals surface area contributed by atoms with Gasteiger partial charge < -0.3 is 15.3 Å². The van der Waals surface area contributed by atoms with Gasteiger partial charge in [0.2, 0.25) is 0 Å². The van der Waals surface area contributed by atoms with Gasteiger partial charge in [0.1, 0.15) is 6.04 Å². The highest BCUT2D eigenvalue weighted by Crippen LogP contribution is 2.27. The molecule has 0 aromatic rings. The Morgan fingerprint density at radius 1 is 1.37 bits per heavy atom. The van der Waals surface area contributed by atoms with Crippen LogP contribution in [0.2, 0.25) is 0 Å². The van der Waals surface area contributed by atoms with Crippen LogP contribution in [-0.4, -0.2) is 41.1 Å². The summed E-state index contributed by atoms with van der Waals surface area (Å²) in [7, 11) is 1.77. The van der Waals surface area contributed by atoms with Crippen molar-refractivity contribution in [1.29, 1.82) is 0 Å². The first-order chi connectivity index (χ1) is 8.97. The summed E-state index contributed by atoms with van der Waals surface area (Å²) in [6.45, 7) is 4.07. The number of hydrogen-bond acceptors (Lipinski definition) is 2. The Morgan fingerprint density at radius 3 is 2.53 bits per heavy atom. The molecule has 2 amide bonds. The summed E-state index contributed by atoms with van der Waals surface area (Å²) in [5.74, 6) is -0.473. The van der Waals surface area contributed by atoms with E-state index < -0.39 is 12.0 Å². The molecule has 0 radical (unpaired) electrons. The fourth-order valence-electron chi connectivity index (χ4n) is 2.82. The van der Waals surface area contributed by atoms with Crippen LogP contribution in [0.15, 0.2) is 0 Å². The van der Waals surface area contributed by atoms with E-state index in [0.717, 1.165) is 25.7 Å². The third-order valence-electron chi connectivity index (χ3n) is 4.06. The summed E-state index contributed by atoms with van der Waals surface area (Å²) in [6, 6.07) is -0.816. The molecular formula is C14H26N2O3. The predicted octanol–water partition coefficient (Wildman–Crippen LogP) is 2.46. The normalized spacial score (nSPS) is 24.6. The van der Waals surface area contributed by atoms with Crippen molar-refractivity contribution in [2.24, 2.45) is 5.92 Å². The maximum atomic E-state index is 12.1. The van der Waals surface area contributed by atoms with Crippen LogP contribution < -0.4 is 5.32 Å². The van der Waals surface area contributed by atoms with Crippen molar-refractivity contribution >= 4 is 12.0 Å². The van der Waals surface area contributed by atoms with Gasteiger partial charge in [-0.05, 0) is 25.2 Å². The summed E-state index contributed by atoms with van der Waals surface area (Å²) in [5.41, 5.74) is 0. The first-order valence-corrected chi connectivity index (χ1v) is 7.23. The molecule has 1 fully saturated rings. The minimum atomic E-state index is -0.958. The number of urea groups is 1. The lowest BCUT2D eigenvalue weighted by atomic mass is 9.85. The lowest BCUT2D eigenvalue weighted by molar-refractivity contribution is -0.139. The van der Waals surface area contributed by atoms with E-state index in [1.807, 2.05) is 6.92 Å². The number of aliphatic carboxylic acids is 1. The summed E-state index contributed by atoms with van der Waals surface area (Å²) in [4.78, 5) is 24.9. The van der Waals surface area contributed by atoms with E-state index in [1.54, 1.807) is 11.9 Å². The fraction of sp³-hybridized carbons (Fsp3) is 0.857. The fourth-order valence-corrected chi connectivity index (χ4v) is 2.82. The monoisotopic (exact) mass is 270 g/mol. The van der Waals surface area contributed by atoms with Gasteiger partial charge in [0.05, 0.1) is 0 Å². The summed E-state index contributed by atoms with van der Waals surface area (Å²) in [5, 5.41) is 11.7. The maximum Gasteiger partial charge on any atom is 0.326 e. The number of nitrogens with one attached hydrogen (secondary N) is 1. The van der Waals surface area contributed by atoms with Crippen LogP contribution in [0.25, 0.3) is 0 Å². The second kappa shape index (κ2) is 7.36. The van der Waals surface area contributed by atoms with Crippen LogP contribution in [0.1, 0.15) is 52.4 Å². The standard InChI is InChI=1S/C14H26N2O3/c1-4-7-11(13(17)18)15-14(19)16(3)12-9-6-5-8-10(12)2/h10-12H,4-9H2,1-3H3,(H,15,19)(H,17,18)/t10?,11-,12?/m1/s1. The minimum absolute atomic E-state index is 0.227. The highest BCUT2D eigenvalue weighted by molar-refractivity contribution is 5.82. The van der Waals surface area contributed by atoms with Crippen molar-refractivity contribution in [3.05, 3.63) is 0 Å². The number of carboxylic acids is 1. The van der Waals surface area contributed by atoms with Crippen molar-refractivity contribution in [3.8, 4) is 0 Å². The molecule has 19 heavy (non-hydrogen) atoms. The average Bonchev–Trinajstić information content (AvgIpc) is 2.37. The third-order valence-corrected chi connectivity index (χ3v) is 4.06. The molecule has 1 aliphatic carbocycles. The van der Waals surface area contributed by atoms with Crippen LogP contribution in [0, 0.1) is 5.92 Å². The number of amides is 2. The quantitative estimate of drug-likeness (QED) is 0.806. The van der Waals surface area contributed by atoms with Gasteiger partial charge in [0.15, 0.2) is 0 Å². The van der Waals surface area contributed by atoms with E-state index in [0.29, 0.717) is 12.3 Å². The molecule has 1 aliphatic rings. The van der Waals surface area contributed by atoms with Gasteiger partial charge in [-0.2, -0.15) is 0 Å². The van der Waals surface area contributed by atoms with Gasteiger partial charge >= 0.3 is 12.0 Å². The van der Waals surface area contributed by atoms with E-state index in [9.17, 15) is 9.59 Å². The van der Waals surface area contributed by atoms with Gasteiger partial charge in [0.25, 0.3) is 0 Å². The van der Waals surface area contributed by atoms with Crippen molar-refractivity contribution in [3.63, 3.8) is 0 Å². The van der Waals surface area contributed by atoms with Gasteiger partial charge in [-0.1, -0.05) is 33.1 Å². The Hall–Kier alpha value is -1.26. The van der Waals surface area contributed by atoms with Crippen molar-refractivity contribution in [2.75, 3.05) is 7.05 Å². The zero-order chi connectivity index (χ0) is 14.4. The second-order valence-corrected chi connectivity index (χ2v) is 5.57.